The van der Waals surface area contributed by atoms with E-state index in [0.29, 0.717) is 27.7 Å². The zero-order chi connectivity index (χ0) is 23.5. The van der Waals surface area contributed by atoms with Crippen molar-refractivity contribution in [2.75, 3.05) is 5.32 Å². The third-order valence-corrected chi connectivity index (χ3v) is 6.18. The number of carbonyl (C=O) groups is 1. The van der Waals surface area contributed by atoms with Crippen molar-refractivity contribution in [3.8, 4) is 11.5 Å². The van der Waals surface area contributed by atoms with Crippen LogP contribution >= 0.6 is 11.6 Å². The molecule has 1 amide bonds. The maximum atomic E-state index is 13.5. The molecule has 0 atom stereocenters. The molecule has 0 fully saturated rings. The van der Waals surface area contributed by atoms with E-state index >= 15 is 0 Å². The molecule has 0 saturated heterocycles. The van der Waals surface area contributed by atoms with Crippen LogP contribution in [0.5, 0.6) is 0 Å². The Morgan fingerprint density at radius 2 is 1.59 bits per heavy atom. The molecule has 1 N–H and O–H groups in total. The third-order valence-electron chi connectivity index (χ3n) is 5.85. The standard InChI is InChI=1S/C29H23ClN2O2/c1-2-19-13-16-26-25(17-19)32-29(34-26)23-18-22(14-15-24(23)30)31-28(33)27(20-9-5-3-6-10-20)21-11-7-4-8-12-21/h3-18,27H,2H2,1H3,(H,31,33). The first kappa shape index (κ1) is 21.9. The zero-order valence-electron chi connectivity index (χ0n) is 18.7. The summed E-state index contributed by atoms with van der Waals surface area (Å²) < 4.78 is 5.97. The van der Waals surface area contributed by atoms with Gasteiger partial charge in [-0.3, -0.25) is 4.79 Å². The minimum absolute atomic E-state index is 0.129. The lowest BCUT2D eigenvalue weighted by Crippen LogP contribution is -2.22. The second kappa shape index (κ2) is 9.54. The van der Waals surface area contributed by atoms with Crippen LogP contribution in [0.4, 0.5) is 5.69 Å². The Kier molecular flexibility index (Phi) is 6.15. The summed E-state index contributed by atoms with van der Waals surface area (Å²) in [6, 6.07) is 30.8. The summed E-state index contributed by atoms with van der Waals surface area (Å²) in [6.07, 6.45) is 0.921. The fraction of sp³-hybridized carbons (Fsp3) is 0.103. The fourth-order valence-electron chi connectivity index (χ4n) is 4.08. The van der Waals surface area contributed by atoms with E-state index in [1.807, 2.05) is 78.9 Å². The second-order valence-corrected chi connectivity index (χ2v) is 8.52. The van der Waals surface area contributed by atoms with Crippen LogP contribution < -0.4 is 5.32 Å². The van der Waals surface area contributed by atoms with Crippen molar-refractivity contribution in [2.24, 2.45) is 0 Å². The minimum atomic E-state index is -0.446. The third kappa shape index (κ3) is 4.45. The molecule has 0 spiro atoms. The number of nitrogens with zero attached hydrogens (tertiary/aromatic N) is 1. The predicted molar refractivity (Wildman–Crippen MR) is 137 cm³/mol. The molecule has 0 aliphatic rings. The summed E-state index contributed by atoms with van der Waals surface area (Å²) in [7, 11) is 0. The van der Waals surface area contributed by atoms with E-state index in [4.69, 9.17) is 16.0 Å². The quantitative estimate of drug-likeness (QED) is 0.282. The van der Waals surface area contributed by atoms with E-state index in [1.54, 1.807) is 18.2 Å². The molecule has 0 radical (unpaired) electrons. The summed E-state index contributed by atoms with van der Waals surface area (Å²) in [5.41, 5.74) is 5.77. The van der Waals surface area contributed by atoms with Gasteiger partial charge in [0.15, 0.2) is 5.58 Å². The Balaban J connectivity index is 1.48. The van der Waals surface area contributed by atoms with Gasteiger partial charge < -0.3 is 9.73 Å². The average molecular weight is 467 g/mol. The van der Waals surface area contributed by atoms with Crippen molar-refractivity contribution in [1.82, 2.24) is 4.98 Å². The first-order valence-corrected chi connectivity index (χ1v) is 11.6. The largest absolute Gasteiger partial charge is 0.436 e. The number of benzene rings is 4. The Morgan fingerprint density at radius 1 is 0.912 bits per heavy atom. The van der Waals surface area contributed by atoms with Crippen molar-refractivity contribution in [1.29, 1.82) is 0 Å². The smallest absolute Gasteiger partial charge is 0.236 e. The highest BCUT2D eigenvalue weighted by atomic mass is 35.5. The van der Waals surface area contributed by atoms with Crippen LogP contribution in [0.1, 0.15) is 29.5 Å². The number of anilines is 1. The van der Waals surface area contributed by atoms with E-state index < -0.39 is 5.92 Å². The number of aryl methyl sites for hydroxylation is 1. The average Bonchev–Trinajstić information content (AvgIpc) is 3.30. The van der Waals surface area contributed by atoms with Gasteiger partial charge in [-0.25, -0.2) is 4.98 Å². The van der Waals surface area contributed by atoms with Crippen molar-refractivity contribution in [2.45, 2.75) is 19.3 Å². The van der Waals surface area contributed by atoms with Gasteiger partial charge in [-0.15, -0.1) is 0 Å². The molecule has 0 aliphatic carbocycles. The van der Waals surface area contributed by atoms with Crippen LogP contribution in [0.2, 0.25) is 5.02 Å². The highest BCUT2D eigenvalue weighted by molar-refractivity contribution is 6.33. The topological polar surface area (TPSA) is 55.1 Å². The minimum Gasteiger partial charge on any atom is -0.436 e. The number of oxazole rings is 1. The van der Waals surface area contributed by atoms with Gasteiger partial charge in [-0.2, -0.15) is 0 Å². The highest BCUT2D eigenvalue weighted by Crippen LogP contribution is 2.33. The van der Waals surface area contributed by atoms with Crippen molar-refractivity contribution in [3.63, 3.8) is 0 Å². The SMILES string of the molecule is CCc1ccc2oc(-c3cc(NC(=O)C(c4ccccc4)c4ccccc4)ccc3Cl)nc2c1. The summed E-state index contributed by atoms with van der Waals surface area (Å²) in [6.45, 7) is 2.10. The van der Waals surface area contributed by atoms with Crippen molar-refractivity contribution in [3.05, 3.63) is 119 Å². The summed E-state index contributed by atoms with van der Waals surface area (Å²) >= 11 is 6.50. The van der Waals surface area contributed by atoms with Gasteiger partial charge in [0.25, 0.3) is 0 Å². The molecule has 5 rings (SSSR count). The van der Waals surface area contributed by atoms with Gasteiger partial charge >= 0.3 is 0 Å². The Hall–Kier alpha value is -3.89. The second-order valence-electron chi connectivity index (χ2n) is 8.11. The number of aromatic nitrogens is 1. The van der Waals surface area contributed by atoms with Crippen LogP contribution in [0.15, 0.2) is 101 Å². The Bertz CT molecular complexity index is 1410. The van der Waals surface area contributed by atoms with E-state index in [0.717, 1.165) is 23.1 Å². The normalized spacial score (nSPS) is 11.1. The molecule has 5 aromatic rings. The lowest BCUT2D eigenvalue weighted by molar-refractivity contribution is -0.116. The molecule has 5 heteroatoms. The number of rotatable bonds is 6. The fourth-order valence-corrected chi connectivity index (χ4v) is 4.27. The van der Waals surface area contributed by atoms with Gasteiger partial charge in [0, 0.05) is 5.69 Å². The molecule has 0 unspecified atom stereocenters. The van der Waals surface area contributed by atoms with E-state index in [-0.39, 0.29) is 5.91 Å². The number of hydrogen-bond donors (Lipinski definition) is 1. The lowest BCUT2D eigenvalue weighted by atomic mass is 9.90. The first-order valence-electron chi connectivity index (χ1n) is 11.2. The number of fused-ring (bicyclic) bond motifs is 1. The molecule has 1 heterocycles. The number of amides is 1. The van der Waals surface area contributed by atoms with Crippen LogP contribution in [0.25, 0.3) is 22.6 Å². The predicted octanol–water partition coefficient (Wildman–Crippen LogP) is 7.48. The molecule has 0 saturated carbocycles. The molecule has 1 aromatic heterocycles. The molecule has 34 heavy (non-hydrogen) atoms. The van der Waals surface area contributed by atoms with Gasteiger partial charge in [-0.1, -0.05) is 85.3 Å². The molecular formula is C29H23ClN2O2. The molecule has 168 valence electrons. The van der Waals surface area contributed by atoms with E-state index in [9.17, 15) is 4.79 Å². The molecule has 4 aromatic carbocycles. The molecule has 0 bridgehead atoms. The first-order chi connectivity index (χ1) is 16.6. The molecule has 0 aliphatic heterocycles. The zero-order valence-corrected chi connectivity index (χ0v) is 19.4. The van der Waals surface area contributed by atoms with Crippen molar-refractivity contribution < 1.29 is 9.21 Å². The highest BCUT2D eigenvalue weighted by Gasteiger charge is 2.23. The number of carbonyl (C=O) groups excluding carboxylic acids is 1. The number of nitrogens with one attached hydrogen (secondary N) is 1. The van der Waals surface area contributed by atoms with Gasteiger partial charge in [0.2, 0.25) is 11.8 Å². The maximum absolute atomic E-state index is 13.5. The summed E-state index contributed by atoms with van der Waals surface area (Å²) in [5.74, 6) is -0.152. The molecular weight excluding hydrogens is 444 g/mol. The number of halogens is 1. The lowest BCUT2D eigenvalue weighted by Gasteiger charge is -2.18. The summed E-state index contributed by atoms with van der Waals surface area (Å²) in [4.78, 5) is 18.1. The maximum Gasteiger partial charge on any atom is 0.236 e. The Labute approximate surface area is 203 Å². The van der Waals surface area contributed by atoms with Crippen LogP contribution in [0, 0.1) is 0 Å². The number of hydrogen-bond acceptors (Lipinski definition) is 3. The van der Waals surface area contributed by atoms with Gasteiger partial charge in [0.05, 0.1) is 16.5 Å². The summed E-state index contributed by atoms with van der Waals surface area (Å²) in [5, 5.41) is 3.56. The van der Waals surface area contributed by atoms with Crippen LogP contribution in [-0.2, 0) is 11.2 Å². The monoisotopic (exact) mass is 466 g/mol. The molecule has 4 nitrogen and oxygen atoms in total. The van der Waals surface area contributed by atoms with Gasteiger partial charge in [0.1, 0.15) is 5.52 Å². The van der Waals surface area contributed by atoms with Crippen LogP contribution in [0.3, 0.4) is 0 Å². The van der Waals surface area contributed by atoms with E-state index in [2.05, 4.69) is 17.2 Å². The van der Waals surface area contributed by atoms with Crippen molar-refractivity contribution >= 4 is 34.3 Å². The van der Waals surface area contributed by atoms with Crippen LogP contribution in [-0.4, -0.2) is 10.9 Å². The Morgan fingerprint density at radius 3 is 2.24 bits per heavy atom. The van der Waals surface area contributed by atoms with E-state index in [1.165, 1.54) is 5.56 Å². The van der Waals surface area contributed by atoms with Gasteiger partial charge in [-0.05, 0) is 53.4 Å².